The number of pyridine rings is 1. The molecule has 6 nitrogen and oxygen atoms in total. The number of nitrogens with zero attached hydrogens (tertiary/aromatic N) is 1. The van der Waals surface area contributed by atoms with Crippen LogP contribution >= 0.6 is 0 Å². The lowest BCUT2D eigenvalue weighted by Gasteiger charge is -2.10. The van der Waals surface area contributed by atoms with Crippen molar-refractivity contribution in [1.82, 2.24) is 10.3 Å². The third kappa shape index (κ3) is 4.10. The maximum Gasteiger partial charge on any atom is 0.303 e. The van der Waals surface area contributed by atoms with Gasteiger partial charge in [0.15, 0.2) is 0 Å². The van der Waals surface area contributed by atoms with E-state index in [2.05, 4.69) is 10.3 Å². The summed E-state index contributed by atoms with van der Waals surface area (Å²) in [6.07, 6.45) is 2.56. The first-order valence-corrected chi connectivity index (χ1v) is 5.13. The van der Waals surface area contributed by atoms with E-state index in [0.29, 0.717) is 0 Å². The Labute approximate surface area is 98.3 Å². The van der Waals surface area contributed by atoms with E-state index in [1.165, 1.54) is 18.5 Å². The van der Waals surface area contributed by atoms with Crippen molar-refractivity contribution in [2.24, 2.45) is 5.92 Å². The fourth-order valence-corrected chi connectivity index (χ4v) is 1.31. The monoisotopic (exact) mass is 238 g/mol. The van der Waals surface area contributed by atoms with Crippen LogP contribution in [0.2, 0.25) is 0 Å². The number of aliphatic carboxylic acids is 1. The fourth-order valence-electron chi connectivity index (χ4n) is 1.31. The Morgan fingerprint density at radius 1 is 1.53 bits per heavy atom. The number of aromatic nitrogens is 1. The van der Waals surface area contributed by atoms with Crippen LogP contribution in [0.5, 0.6) is 5.75 Å². The van der Waals surface area contributed by atoms with Gasteiger partial charge in [0.1, 0.15) is 5.75 Å². The van der Waals surface area contributed by atoms with E-state index in [-0.39, 0.29) is 30.2 Å². The number of carboxylic acid groups (broad SMARTS) is 1. The van der Waals surface area contributed by atoms with E-state index in [1.807, 2.05) is 0 Å². The van der Waals surface area contributed by atoms with Gasteiger partial charge in [0, 0.05) is 19.2 Å². The zero-order valence-electron chi connectivity index (χ0n) is 9.38. The minimum absolute atomic E-state index is 0.0113. The molecule has 1 rings (SSSR count). The van der Waals surface area contributed by atoms with Crippen LogP contribution in [-0.2, 0) is 4.79 Å². The van der Waals surface area contributed by atoms with Crippen molar-refractivity contribution in [2.45, 2.75) is 13.3 Å². The summed E-state index contributed by atoms with van der Waals surface area (Å²) in [5, 5.41) is 20.5. The van der Waals surface area contributed by atoms with Gasteiger partial charge in [0.2, 0.25) is 0 Å². The highest BCUT2D eigenvalue weighted by Crippen LogP contribution is 2.13. The first-order valence-electron chi connectivity index (χ1n) is 5.13. The van der Waals surface area contributed by atoms with E-state index < -0.39 is 11.9 Å². The maximum atomic E-state index is 11.6. The van der Waals surface area contributed by atoms with Gasteiger partial charge in [0.05, 0.1) is 11.8 Å². The molecule has 0 aromatic carbocycles. The summed E-state index contributed by atoms with van der Waals surface area (Å²) in [7, 11) is 0. The standard InChI is InChI=1S/C11H14N2O4/c1-7(4-10(15)16)5-13-11(17)8-2-3-12-6-9(8)14/h2-3,6-7,14H,4-5H2,1H3,(H,13,17)(H,15,16). The summed E-state index contributed by atoms with van der Waals surface area (Å²) in [5.74, 6) is -1.71. The number of rotatable bonds is 5. The molecule has 0 aliphatic carbocycles. The summed E-state index contributed by atoms with van der Waals surface area (Å²) in [5.41, 5.74) is 0.127. The van der Waals surface area contributed by atoms with Crippen LogP contribution in [0.4, 0.5) is 0 Å². The van der Waals surface area contributed by atoms with Crippen LogP contribution in [0.25, 0.3) is 0 Å². The lowest BCUT2D eigenvalue weighted by Crippen LogP contribution is -2.29. The van der Waals surface area contributed by atoms with Gasteiger partial charge in [-0.15, -0.1) is 0 Å². The highest BCUT2D eigenvalue weighted by Gasteiger charge is 2.13. The summed E-state index contributed by atoms with van der Waals surface area (Å²) < 4.78 is 0. The van der Waals surface area contributed by atoms with Gasteiger partial charge in [-0.05, 0) is 12.0 Å². The number of carboxylic acids is 1. The second kappa shape index (κ2) is 5.83. The Morgan fingerprint density at radius 2 is 2.24 bits per heavy atom. The van der Waals surface area contributed by atoms with E-state index in [4.69, 9.17) is 5.11 Å². The predicted molar refractivity (Wildman–Crippen MR) is 59.7 cm³/mol. The molecule has 0 fully saturated rings. The molecule has 1 unspecified atom stereocenters. The number of amides is 1. The molecule has 17 heavy (non-hydrogen) atoms. The number of hydrogen-bond donors (Lipinski definition) is 3. The third-order valence-electron chi connectivity index (χ3n) is 2.18. The summed E-state index contributed by atoms with van der Waals surface area (Å²) in [6.45, 7) is 1.97. The molecule has 0 aliphatic rings. The smallest absolute Gasteiger partial charge is 0.303 e. The summed E-state index contributed by atoms with van der Waals surface area (Å²) >= 11 is 0. The van der Waals surface area contributed by atoms with Crippen LogP contribution in [0, 0.1) is 5.92 Å². The first kappa shape index (κ1) is 13.0. The molecular weight excluding hydrogens is 224 g/mol. The highest BCUT2D eigenvalue weighted by molar-refractivity contribution is 5.96. The molecule has 1 amide bonds. The molecule has 0 radical (unpaired) electrons. The van der Waals surface area contributed by atoms with Crippen molar-refractivity contribution in [2.75, 3.05) is 6.54 Å². The molecule has 6 heteroatoms. The number of nitrogens with one attached hydrogen (secondary N) is 1. The van der Waals surface area contributed by atoms with Gasteiger partial charge in [-0.2, -0.15) is 0 Å². The van der Waals surface area contributed by atoms with Crippen LogP contribution in [-0.4, -0.2) is 33.6 Å². The second-order valence-electron chi connectivity index (χ2n) is 3.81. The Hall–Kier alpha value is -2.11. The number of carbonyl (C=O) groups is 2. The second-order valence-corrected chi connectivity index (χ2v) is 3.81. The van der Waals surface area contributed by atoms with Crippen molar-refractivity contribution in [3.8, 4) is 5.75 Å². The molecule has 1 aromatic heterocycles. The molecule has 1 heterocycles. The quantitative estimate of drug-likeness (QED) is 0.698. The minimum atomic E-state index is -0.904. The molecule has 92 valence electrons. The van der Waals surface area contributed by atoms with Crippen LogP contribution in [0.15, 0.2) is 18.5 Å². The average Bonchev–Trinajstić information content (AvgIpc) is 2.25. The zero-order valence-corrected chi connectivity index (χ0v) is 9.38. The molecule has 0 saturated heterocycles. The van der Waals surface area contributed by atoms with Gasteiger partial charge < -0.3 is 15.5 Å². The molecule has 0 spiro atoms. The SMILES string of the molecule is CC(CNC(=O)c1ccncc1O)CC(=O)O. The molecule has 1 aromatic rings. The van der Waals surface area contributed by atoms with E-state index in [1.54, 1.807) is 6.92 Å². The summed E-state index contributed by atoms with van der Waals surface area (Å²) in [4.78, 5) is 25.7. The Balaban J connectivity index is 2.51. The maximum absolute atomic E-state index is 11.6. The largest absolute Gasteiger partial charge is 0.505 e. The molecule has 0 saturated carbocycles. The number of hydrogen-bond acceptors (Lipinski definition) is 4. The highest BCUT2D eigenvalue weighted by atomic mass is 16.4. The van der Waals surface area contributed by atoms with Gasteiger partial charge >= 0.3 is 5.97 Å². The molecule has 1 atom stereocenters. The number of aromatic hydroxyl groups is 1. The summed E-state index contributed by atoms with van der Waals surface area (Å²) in [6, 6.07) is 1.40. The molecule has 3 N–H and O–H groups in total. The lowest BCUT2D eigenvalue weighted by molar-refractivity contribution is -0.137. The predicted octanol–water partition coefficient (Wildman–Crippen LogP) is 0.628. The van der Waals surface area contributed by atoms with Crippen molar-refractivity contribution >= 4 is 11.9 Å². The van der Waals surface area contributed by atoms with Gasteiger partial charge in [0.25, 0.3) is 5.91 Å². The fraction of sp³-hybridized carbons (Fsp3) is 0.364. The van der Waals surface area contributed by atoms with Crippen molar-refractivity contribution < 1.29 is 19.8 Å². The minimum Gasteiger partial charge on any atom is -0.505 e. The normalized spacial score (nSPS) is 11.8. The Kier molecular flexibility index (Phi) is 4.45. The lowest BCUT2D eigenvalue weighted by atomic mass is 10.1. The van der Waals surface area contributed by atoms with E-state index in [0.717, 1.165) is 0 Å². The van der Waals surface area contributed by atoms with Crippen molar-refractivity contribution in [3.63, 3.8) is 0 Å². The molecular formula is C11H14N2O4. The van der Waals surface area contributed by atoms with Gasteiger partial charge in [-0.1, -0.05) is 6.92 Å². The Bertz CT molecular complexity index is 420. The molecule has 0 bridgehead atoms. The average molecular weight is 238 g/mol. The van der Waals surface area contributed by atoms with E-state index >= 15 is 0 Å². The van der Waals surface area contributed by atoms with E-state index in [9.17, 15) is 14.7 Å². The van der Waals surface area contributed by atoms with Crippen LogP contribution < -0.4 is 5.32 Å². The van der Waals surface area contributed by atoms with Crippen LogP contribution in [0.1, 0.15) is 23.7 Å². The Morgan fingerprint density at radius 3 is 2.82 bits per heavy atom. The third-order valence-corrected chi connectivity index (χ3v) is 2.18. The van der Waals surface area contributed by atoms with Crippen LogP contribution in [0.3, 0.4) is 0 Å². The van der Waals surface area contributed by atoms with Crippen molar-refractivity contribution in [1.29, 1.82) is 0 Å². The zero-order chi connectivity index (χ0) is 12.8. The van der Waals surface area contributed by atoms with Gasteiger partial charge in [-0.25, -0.2) is 0 Å². The first-order chi connectivity index (χ1) is 8.00. The van der Waals surface area contributed by atoms with Gasteiger partial charge in [-0.3, -0.25) is 14.6 Å². The molecule has 0 aliphatic heterocycles. The number of carbonyl (C=O) groups excluding carboxylic acids is 1. The topological polar surface area (TPSA) is 99.5 Å². The van der Waals surface area contributed by atoms with Crippen molar-refractivity contribution in [3.05, 3.63) is 24.0 Å².